The summed E-state index contributed by atoms with van der Waals surface area (Å²) in [6, 6.07) is 11.7. The molecule has 1 aromatic heterocycles. The Morgan fingerprint density at radius 3 is 2.86 bits per heavy atom. The molecule has 0 radical (unpaired) electrons. The van der Waals surface area contributed by atoms with Gasteiger partial charge in [-0.3, -0.25) is 4.79 Å². The average Bonchev–Trinajstić information content (AvgIpc) is 2.97. The molecule has 0 aliphatic heterocycles. The molecule has 108 valence electrons. The Kier molecular flexibility index (Phi) is 5.86. The minimum Gasteiger partial charge on any atom is -0.481 e. The van der Waals surface area contributed by atoms with Gasteiger partial charge in [-0.15, -0.1) is 11.3 Å². The number of carbonyl (C=O) groups excluding carboxylic acids is 1. The number of hydrogen-bond donors (Lipinski definition) is 1. The Morgan fingerprint density at radius 2 is 2.10 bits per heavy atom. The predicted molar refractivity (Wildman–Crippen MR) is 85.5 cm³/mol. The van der Waals surface area contributed by atoms with Crippen molar-refractivity contribution in [1.82, 2.24) is 5.32 Å². The van der Waals surface area contributed by atoms with Crippen LogP contribution in [0.1, 0.15) is 10.4 Å². The third-order valence-electron chi connectivity index (χ3n) is 2.81. The van der Waals surface area contributed by atoms with Crippen LogP contribution in [0, 0.1) is 18.8 Å². The van der Waals surface area contributed by atoms with Crippen LogP contribution in [-0.2, 0) is 11.2 Å². The molecule has 1 aromatic carbocycles. The lowest BCUT2D eigenvalue weighted by Gasteiger charge is -2.04. The SMILES string of the molecule is Cc1ccccc1OCC#CCNC(=O)Cc1cccs1. The molecule has 1 N–H and O–H groups in total. The zero-order valence-electron chi connectivity index (χ0n) is 11.9. The first-order chi connectivity index (χ1) is 10.3. The van der Waals surface area contributed by atoms with Gasteiger partial charge in [-0.25, -0.2) is 0 Å². The molecular formula is C17H17NO2S. The number of aryl methyl sites for hydroxylation is 1. The van der Waals surface area contributed by atoms with E-state index in [-0.39, 0.29) is 5.91 Å². The van der Waals surface area contributed by atoms with E-state index in [1.807, 2.05) is 48.7 Å². The van der Waals surface area contributed by atoms with Crippen molar-refractivity contribution in [2.24, 2.45) is 0 Å². The van der Waals surface area contributed by atoms with Crippen molar-refractivity contribution in [1.29, 1.82) is 0 Å². The van der Waals surface area contributed by atoms with Gasteiger partial charge in [0.25, 0.3) is 0 Å². The van der Waals surface area contributed by atoms with E-state index in [1.54, 1.807) is 11.3 Å². The number of carbonyl (C=O) groups is 1. The summed E-state index contributed by atoms with van der Waals surface area (Å²) in [5.74, 6) is 6.61. The third-order valence-corrected chi connectivity index (χ3v) is 3.68. The maximum Gasteiger partial charge on any atom is 0.226 e. The fourth-order valence-corrected chi connectivity index (χ4v) is 2.43. The van der Waals surface area contributed by atoms with Gasteiger partial charge in [0.2, 0.25) is 5.91 Å². The van der Waals surface area contributed by atoms with E-state index in [9.17, 15) is 4.79 Å². The van der Waals surface area contributed by atoms with E-state index in [0.29, 0.717) is 19.6 Å². The molecule has 3 nitrogen and oxygen atoms in total. The van der Waals surface area contributed by atoms with Gasteiger partial charge >= 0.3 is 0 Å². The van der Waals surface area contributed by atoms with Crippen LogP contribution >= 0.6 is 11.3 Å². The maximum absolute atomic E-state index is 11.6. The summed E-state index contributed by atoms with van der Waals surface area (Å²) in [5.41, 5.74) is 1.09. The number of amides is 1. The average molecular weight is 299 g/mol. The number of thiophene rings is 1. The minimum absolute atomic E-state index is 0.00780. The Hall–Kier alpha value is -2.25. The summed E-state index contributed by atoms with van der Waals surface area (Å²) >= 11 is 1.58. The number of ether oxygens (including phenoxy) is 1. The van der Waals surface area contributed by atoms with Crippen molar-refractivity contribution in [2.45, 2.75) is 13.3 Å². The summed E-state index contributed by atoms with van der Waals surface area (Å²) in [6.45, 7) is 2.67. The fourth-order valence-electron chi connectivity index (χ4n) is 1.72. The molecule has 2 rings (SSSR count). The van der Waals surface area contributed by atoms with Gasteiger partial charge in [-0.1, -0.05) is 36.1 Å². The topological polar surface area (TPSA) is 38.3 Å². The minimum atomic E-state index is -0.00780. The molecule has 1 amide bonds. The molecule has 0 aliphatic rings. The summed E-state index contributed by atoms with van der Waals surface area (Å²) in [5, 5.41) is 4.73. The first-order valence-corrected chi connectivity index (χ1v) is 7.57. The van der Waals surface area contributed by atoms with Crippen LogP contribution in [0.5, 0.6) is 5.75 Å². The molecule has 21 heavy (non-hydrogen) atoms. The molecule has 0 aliphatic carbocycles. The Bertz CT molecular complexity index is 638. The maximum atomic E-state index is 11.6. The molecule has 4 heteroatoms. The fraction of sp³-hybridized carbons (Fsp3) is 0.235. The quantitative estimate of drug-likeness (QED) is 0.862. The summed E-state index contributed by atoms with van der Waals surface area (Å²) in [6.07, 6.45) is 0.416. The second-order valence-corrected chi connectivity index (χ2v) is 5.47. The molecule has 0 spiro atoms. The lowest BCUT2D eigenvalue weighted by Crippen LogP contribution is -2.25. The molecule has 0 atom stereocenters. The van der Waals surface area contributed by atoms with E-state index < -0.39 is 0 Å². The Morgan fingerprint density at radius 1 is 1.24 bits per heavy atom. The highest BCUT2D eigenvalue weighted by Gasteiger charge is 2.01. The molecule has 0 bridgehead atoms. The van der Waals surface area contributed by atoms with Gasteiger partial charge in [0.1, 0.15) is 12.4 Å². The number of benzene rings is 1. The highest BCUT2D eigenvalue weighted by atomic mass is 32.1. The first-order valence-electron chi connectivity index (χ1n) is 6.69. The highest BCUT2D eigenvalue weighted by molar-refractivity contribution is 7.10. The zero-order valence-corrected chi connectivity index (χ0v) is 12.7. The second-order valence-electron chi connectivity index (χ2n) is 4.44. The molecule has 1 heterocycles. The van der Waals surface area contributed by atoms with Gasteiger partial charge in [-0.05, 0) is 30.0 Å². The monoisotopic (exact) mass is 299 g/mol. The van der Waals surface area contributed by atoms with Gasteiger partial charge < -0.3 is 10.1 Å². The van der Waals surface area contributed by atoms with Crippen molar-refractivity contribution in [2.75, 3.05) is 13.2 Å². The predicted octanol–water partition coefficient (Wildman–Crippen LogP) is 2.80. The van der Waals surface area contributed by atoms with Crippen LogP contribution < -0.4 is 10.1 Å². The zero-order chi connectivity index (χ0) is 14.9. The molecule has 0 fully saturated rings. The van der Waals surface area contributed by atoms with E-state index >= 15 is 0 Å². The Labute approximate surface area is 129 Å². The van der Waals surface area contributed by atoms with Crippen LogP contribution in [0.15, 0.2) is 41.8 Å². The van der Waals surface area contributed by atoms with Gasteiger partial charge in [0, 0.05) is 4.88 Å². The smallest absolute Gasteiger partial charge is 0.226 e. The van der Waals surface area contributed by atoms with Gasteiger partial charge in [-0.2, -0.15) is 0 Å². The number of hydrogen-bond acceptors (Lipinski definition) is 3. The molecular weight excluding hydrogens is 282 g/mol. The number of rotatable bonds is 5. The van der Waals surface area contributed by atoms with Crippen molar-refractivity contribution in [3.63, 3.8) is 0 Å². The lowest BCUT2D eigenvalue weighted by molar-refractivity contribution is -0.120. The van der Waals surface area contributed by atoms with E-state index in [4.69, 9.17) is 4.74 Å². The van der Waals surface area contributed by atoms with Crippen molar-refractivity contribution in [3.8, 4) is 17.6 Å². The molecule has 2 aromatic rings. The summed E-state index contributed by atoms with van der Waals surface area (Å²) in [4.78, 5) is 12.7. The lowest BCUT2D eigenvalue weighted by atomic mass is 10.2. The van der Waals surface area contributed by atoms with E-state index in [2.05, 4.69) is 17.2 Å². The van der Waals surface area contributed by atoms with E-state index in [0.717, 1.165) is 16.2 Å². The van der Waals surface area contributed by atoms with Gasteiger partial charge in [0.15, 0.2) is 0 Å². The van der Waals surface area contributed by atoms with Crippen molar-refractivity contribution < 1.29 is 9.53 Å². The van der Waals surface area contributed by atoms with Crippen LogP contribution in [0.25, 0.3) is 0 Å². The summed E-state index contributed by atoms with van der Waals surface area (Å²) in [7, 11) is 0. The van der Waals surface area contributed by atoms with Crippen LogP contribution in [0.4, 0.5) is 0 Å². The van der Waals surface area contributed by atoms with Gasteiger partial charge in [0.05, 0.1) is 13.0 Å². The van der Waals surface area contributed by atoms with E-state index in [1.165, 1.54) is 0 Å². The van der Waals surface area contributed by atoms with Crippen LogP contribution in [-0.4, -0.2) is 19.1 Å². The third kappa shape index (κ3) is 5.33. The molecule has 0 saturated carbocycles. The number of para-hydroxylation sites is 1. The standard InChI is InChI=1S/C17H17NO2S/c1-14-7-2-3-9-16(14)20-11-5-4-10-18-17(19)13-15-8-6-12-21-15/h2-3,6-9,12H,10-11,13H2,1H3,(H,18,19). The first kappa shape index (κ1) is 15.1. The largest absolute Gasteiger partial charge is 0.481 e. The van der Waals surface area contributed by atoms with Crippen LogP contribution in [0.2, 0.25) is 0 Å². The normalized spacial score (nSPS) is 9.57. The molecule has 0 unspecified atom stereocenters. The summed E-state index contributed by atoms with van der Waals surface area (Å²) < 4.78 is 5.54. The van der Waals surface area contributed by atoms with Crippen LogP contribution in [0.3, 0.4) is 0 Å². The molecule has 0 saturated heterocycles. The number of nitrogens with one attached hydrogen (secondary N) is 1. The second kappa shape index (κ2) is 8.13. The van der Waals surface area contributed by atoms with Crippen molar-refractivity contribution >= 4 is 17.2 Å². The highest BCUT2D eigenvalue weighted by Crippen LogP contribution is 2.15. The Balaban J connectivity index is 1.65. The van der Waals surface area contributed by atoms with Crippen molar-refractivity contribution in [3.05, 3.63) is 52.2 Å².